The Bertz CT molecular complexity index is 939. The highest BCUT2D eigenvalue weighted by Gasteiger charge is 2.21. The number of halogens is 1. The lowest BCUT2D eigenvalue weighted by molar-refractivity contribution is -0.119. The van der Waals surface area contributed by atoms with E-state index in [0.29, 0.717) is 5.75 Å². The molecule has 1 aliphatic heterocycles. The zero-order valence-corrected chi connectivity index (χ0v) is 17.7. The number of benzene rings is 1. The maximum atomic E-state index is 12.4. The van der Waals surface area contributed by atoms with Crippen LogP contribution in [0.5, 0.6) is 0 Å². The van der Waals surface area contributed by atoms with Gasteiger partial charge in [0.25, 0.3) is 0 Å². The molecule has 4 rings (SSSR count). The van der Waals surface area contributed by atoms with Crippen molar-refractivity contribution in [2.24, 2.45) is 0 Å². The number of rotatable bonds is 6. The Balaban J connectivity index is 1.21. The molecule has 28 heavy (non-hydrogen) atoms. The second-order valence-electron chi connectivity index (χ2n) is 6.85. The van der Waals surface area contributed by atoms with Gasteiger partial charge in [0.1, 0.15) is 16.2 Å². The Kier molecular flexibility index (Phi) is 6.47. The summed E-state index contributed by atoms with van der Waals surface area (Å²) in [5.41, 5.74) is 1.27. The first-order valence-electron chi connectivity index (χ1n) is 9.24. The molecule has 0 atom stereocenters. The van der Waals surface area contributed by atoms with Gasteiger partial charge in [0.15, 0.2) is 0 Å². The minimum Gasteiger partial charge on any atom is -0.353 e. The first-order chi connectivity index (χ1) is 13.7. The molecule has 1 amide bonds. The maximum Gasteiger partial charge on any atom is 0.230 e. The number of thioether (sulfide) groups is 1. The summed E-state index contributed by atoms with van der Waals surface area (Å²) in [4.78, 5) is 24.3. The number of carbonyl (C=O) groups is 1. The summed E-state index contributed by atoms with van der Waals surface area (Å²) in [6.45, 7) is 2.91. The third kappa shape index (κ3) is 5.03. The van der Waals surface area contributed by atoms with Gasteiger partial charge in [0.2, 0.25) is 5.91 Å². The van der Waals surface area contributed by atoms with E-state index in [-0.39, 0.29) is 11.9 Å². The number of amides is 1. The summed E-state index contributed by atoms with van der Waals surface area (Å²) in [5.74, 6) is 0.454. The Morgan fingerprint density at radius 2 is 2.00 bits per heavy atom. The Labute approximate surface area is 177 Å². The smallest absolute Gasteiger partial charge is 0.230 e. The zero-order chi connectivity index (χ0) is 19.3. The van der Waals surface area contributed by atoms with Crippen molar-refractivity contribution in [2.75, 3.05) is 18.8 Å². The van der Waals surface area contributed by atoms with Gasteiger partial charge in [-0.15, -0.1) is 11.3 Å². The van der Waals surface area contributed by atoms with Crippen LogP contribution in [0.3, 0.4) is 0 Å². The molecule has 146 valence electrons. The van der Waals surface area contributed by atoms with Crippen molar-refractivity contribution in [2.45, 2.75) is 30.5 Å². The van der Waals surface area contributed by atoms with Crippen LogP contribution in [0.15, 0.2) is 47.1 Å². The zero-order valence-electron chi connectivity index (χ0n) is 15.3. The number of nitrogens with one attached hydrogen (secondary N) is 1. The summed E-state index contributed by atoms with van der Waals surface area (Å²) in [5, 5.41) is 7.85. The summed E-state index contributed by atoms with van der Waals surface area (Å²) >= 11 is 9.01. The van der Waals surface area contributed by atoms with E-state index in [4.69, 9.17) is 11.6 Å². The molecule has 8 heteroatoms. The SMILES string of the molecule is O=C(CSc1ncnc2sccc12)NC1CCN(Cc2ccc(Cl)cc2)CC1. The van der Waals surface area contributed by atoms with Gasteiger partial charge in [-0.25, -0.2) is 9.97 Å². The fraction of sp³-hybridized carbons (Fsp3) is 0.350. The van der Waals surface area contributed by atoms with Crippen molar-refractivity contribution in [3.63, 3.8) is 0 Å². The molecule has 1 aliphatic rings. The number of aromatic nitrogens is 2. The van der Waals surface area contributed by atoms with Gasteiger partial charge in [0.05, 0.1) is 5.75 Å². The van der Waals surface area contributed by atoms with Gasteiger partial charge in [-0.2, -0.15) is 0 Å². The van der Waals surface area contributed by atoms with E-state index in [9.17, 15) is 4.79 Å². The molecule has 5 nitrogen and oxygen atoms in total. The van der Waals surface area contributed by atoms with E-state index in [1.54, 1.807) is 17.7 Å². The highest BCUT2D eigenvalue weighted by molar-refractivity contribution is 8.00. The van der Waals surface area contributed by atoms with Crippen LogP contribution in [0.2, 0.25) is 5.02 Å². The summed E-state index contributed by atoms with van der Waals surface area (Å²) in [6, 6.07) is 10.3. The van der Waals surface area contributed by atoms with E-state index in [1.165, 1.54) is 17.3 Å². The average molecular weight is 433 g/mol. The number of fused-ring (bicyclic) bond motifs is 1. The molecule has 0 spiro atoms. The van der Waals surface area contributed by atoms with E-state index in [0.717, 1.165) is 52.7 Å². The molecule has 0 bridgehead atoms. The standard InChI is InChI=1S/C20H21ClN4OS2/c21-15-3-1-14(2-4-15)11-25-8-5-16(6-9-25)24-18(26)12-28-20-17-7-10-27-19(17)22-13-23-20/h1-4,7,10,13,16H,5-6,8-9,11-12H2,(H,24,26). The van der Waals surface area contributed by atoms with Crippen molar-refractivity contribution in [1.29, 1.82) is 0 Å². The average Bonchev–Trinajstić information content (AvgIpc) is 3.19. The lowest BCUT2D eigenvalue weighted by Crippen LogP contribution is -2.44. The summed E-state index contributed by atoms with van der Waals surface area (Å²) in [6.07, 6.45) is 3.52. The number of carbonyl (C=O) groups excluding carboxylic acids is 1. The molecular weight excluding hydrogens is 412 g/mol. The van der Waals surface area contributed by atoms with E-state index >= 15 is 0 Å². The van der Waals surface area contributed by atoms with Gasteiger partial charge >= 0.3 is 0 Å². The molecule has 3 heterocycles. The van der Waals surface area contributed by atoms with Gasteiger partial charge in [0, 0.05) is 36.1 Å². The van der Waals surface area contributed by atoms with E-state index in [1.807, 2.05) is 23.6 Å². The number of hydrogen-bond donors (Lipinski definition) is 1. The monoisotopic (exact) mass is 432 g/mol. The minimum absolute atomic E-state index is 0.0724. The number of thiophene rings is 1. The quantitative estimate of drug-likeness (QED) is 0.467. The molecule has 2 aromatic heterocycles. The van der Waals surface area contributed by atoms with E-state index in [2.05, 4.69) is 32.3 Å². The van der Waals surface area contributed by atoms with Crippen molar-refractivity contribution < 1.29 is 4.79 Å². The van der Waals surface area contributed by atoms with Crippen LogP contribution in [0.1, 0.15) is 18.4 Å². The Hall–Kier alpha value is -1.67. The molecule has 3 aromatic rings. The normalized spacial score (nSPS) is 15.8. The number of likely N-dealkylation sites (tertiary alicyclic amines) is 1. The van der Waals surface area contributed by atoms with Crippen LogP contribution >= 0.6 is 34.7 Å². The first kappa shape index (κ1) is 19.6. The predicted octanol–water partition coefficient (Wildman–Crippen LogP) is 4.22. The summed E-state index contributed by atoms with van der Waals surface area (Å²) < 4.78 is 0. The molecule has 1 saturated heterocycles. The third-order valence-corrected chi connectivity index (χ3v) is 6.92. The Morgan fingerprint density at radius 3 is 2.79 bits per heavy atom. The van der Waals surface area contributed by atoms with Crippen LogP contribution in [0.4, 0.5) is 0 Å². The van der Waals surface area contributed by atoms with Crippen LogP contribution in [0.25, 0.3) is 10.2 Å². The largest absolute Gasteiger partial charge is 0.353 e. The lowest BCUT2D eigenvalue weighted by atomic mass is 10.0. The van der Waals surface area contributed by atoms with Gasteiger partial charge in [-0.05, 0) is 42.0 Å². The number of piperidine rings is 1. The fourth-order valence-electron chi connectivity index (χ4n) is 3.37. The molecule has 0 radical (unpaired) electrons. The summed E-state index contributed by atoms with van der Waals surface area (Å²) in [7, 11) is 0. The second-order valence-corrected chi connectivity index (χ2v) is 9.15. The maximum absolute atomic E-state index is 12.4. The molecule has 0 unspecified atom stereocenters. The van der Waals surface area contributed by atoms with Crippen LogP contribution in [0, 0.1) is 0 Å². The molecule has 1 fully saturated rings. The van der Waals surface area contributed by atoms with Crippen molar-refractivity contribution in [3.05, 3.63) is 52.6 Å². The minimum atomic E-state index is 0.0724. The van der Waals surface area contributed by atoms with Gasteiger partial charge in [-0.3, -0.25) is 9.69 Å². The van der Waals surface area contributed by atoms with Crippen molar-refractivity contribution >= 4 is 50.8 Å². The third-order valence-electron chi connectivity index (χ3n) is 4.84. The highest BCUT2D eigenvalue weighted by Crippen LogP contribution is 2.27. The number of hydrogen-bond acceptors (Lipinski definition) is 6. The second kappa shape index (κ2) is 9.22. The van der Waals surface area contributed by atoms with Crippen molar-refractivity contribution in [3.8, 4) is 0 Å². The predicted molar refractivity (Wildman–Crippen MR) is 116 cm³/mol. The molecule has 0 saturated carbocycles. The molecule has 0 aliphatic carbocycles. The molecule has 1 aromatic carbocycles. The molecular formula is C20H21ClN4OS2. The van der Waals surface area contributed by atoms with E-state index < -0.39 is 0 Å². The highest BCUT2D eigenvalue weighted by atomic mass is 35.5. The van der Waals surface area contributed by atoms with Crippen molar-refractivity contribution in [1.82, 2.24) is 20.2 Å². The topological polar surface area (TPSA) is 58.1 Å². The lowest BCUT2D eigenvalue weighted by Gasteiger charge is -2.32. The fourth-order valence-corrected chi connectivity index (χ4v) is 5.09. The van der Waals surface area contributed by atoms with Gasteiger partial charge in [-0.1, -0.05) is 35.5 Å². The molecule has 1 N–H and O–H groups in total. The van der Waals surface area contributed by atoms with Gasteiger partial charge < -0.3 is 5.32 Å². The Morgan fingerprint density at radius 1 is 1.21 bits per heavy atom. The first-order valence-corrected chi connectivity index (χ1v) is 11.5. The van der Waals surface area contributed by atoms with Crippen LogP contribution in [-0.4, -0.2) is 45.7 Å². The van der Waals surface area contributed by atoms with Crippen LogP contribution in [-0.2, 0) is 11.3 Å². The number of nitrogens with zero attached hydrogens (tertiary/aromatic N) is 3. The van der Waals surface area contributed by atoms with Crippen LogP contribution < -0.4 is 5.32 Å².